The number of sulfonamides is 1. The van der Waals surface area contributed by atoms with Crippen LogP contribution in [0.1, 0.15) is 24.3 Å². The Morgan fingerprint density at radius 2 is 1.76 bits per heavy atom. The zero-order valence-electron chi connectivity index (χ0n) is 22.1. The van der Waals surface area contributed by atoms with Crippen molar-refractivity contribution in [2.24, 2.45) is 7.05 Å². The molecule has 0 spiro atoms. The van der Waals surface area contributed by atoms with Gasteiger partial charge in [-0.3, -0.25) is 14.4 Å². The van der Waals surface area contributed by atoms with E-state index in [-0.39, 0.29) is 17.3 Å². The SMILES string of the molecule is Cc1cc(-c2cnc(N)c3c(-c4ccc(NS(=O)(=O)C(F)F)c(O[C@@H](C)c5ccc(F)cc5)c4)nn(C)c23)ccn1. The summed E-state index contributed by atoms with van der Waals surface area (Å²) in [5.74, 6) is -3.94. The molecule has 212 valence electrons. The van der Waals surface area contributed by atoms with Gasteiger partial charge in [0, 0.05) is 36.3 Å². The number of nitrogens with two attached hydrogens (primary N) is 1. The third-order valence-electron chi connectivity index (χ3n) is 6.48. The number of hydrogen-bond acceptors (Lipinski definition) is 7. The molecule has 0 fully saturated rings. The highest BCUT2D eigenvalue weighted by Gasteiger charge is 2.27. The topological polar surface area (TPSA) is 125 Å². The second kappa shape index (κ2) is 10.7. The van der Waals surface area contributed by atoms with Crippen molar-refractivity contribution in [3.8, 4) is 28.1 Å². The van der Waals surface area contributed by atoms with Crippen molar-refractivity contribution in [2.45, 2.75) is 25.7 Å². The van der Waals surface area contributed by atoms with Gasteiger partial charge in [-0.2, -0.15) is 13.9 Å². The smallest absolute Gasteiger partial charge is 0.355 e. The number of pyridine rings is 2. The number of nitrogen functional groups attached to an aromatic ring is 1. The van der Waals surface area contributed by atoms with Gasteiger partial charge in [0.15, 0.2) is 0 Å². The number of aromatic nitrogens is 4. The number of alkyl halides is 2. The van der Waals surface area contributed by atoms with Crippen molar-refractivity contribution in [1.29, 1.82) is 0 Å². The summed E-state index contributed by atoms with van der Waals surface area (Å²) in [5, 5.41) is 5.21. The van der Waals surface area contributed by atoms with E-state index in [1.165, 1.54) is 42.5 Å². The lowest BCUT2D eigenvalue weighted by Gasteiger charge is -2.19. The molecule has 0 aliphatic heterocycles. The number of nitrogens with zero attached hydrogens (tertiary/aromatic N) is 4. The molecule has 0 amide bonds. The van der Waals surface area contributed by atoms with E-state index in [1.807, 2.05) is 23.8 Å². The summed E-state index contributed by atoms with van der Waals surface area (Å²) in [4.78, 5) is 8.63. The first-order chi connectivity index (χ1) is 19.4. The van der Waals surface area contributed by atoms with E-state index in [1.54, 1.807) is 31.0 Å². The lowest BCUT2D eigenvalue weighted by Crippen LogP contribution is -2.21. The van der Waals surface area contributed by atoms with Crippen LogP contribution in [0.3, 0.4) is 0 Å². The standard InChI is InChI=1S/C28H25F3N6O3S/c1-15-12-18(10-11-33-15)21-14-34-27(32)24-25(35-37(3)26(21)24)19-6-9-22(36-41(38,39)28(30)31)23(13-19)40-16(2)17-4-7-20(29)8-5-17/h4-14,16,28,36H,1-3H3,(H2,32,34)/t16-/m0/s1. The van der Waals surface area contributed by atoms with Crippen LogP contribution in [0, 0.1) is 12.7 Å². The van der Waals surface area contributed by atoms with Gasteiger partial charge in [-0.25, -0.2) is 17.8 Å². The number of aryl methyl sites for hydroxylation is 2. The second-order valence-corrected chi connectivity index (χ2v) is 11.0. The van der Waals surface area contributed by atoms with Crippen LogP contribution in [0.5, 0.6) is 5.75 Å². The Labute approximate surface area is 233 Å². The molecule has 0 radical (unpaired) electrons. The summed E-state index contributed by atoms with van der Waals surface area (Å²) in [6.45, 7) is 3.53. The van der Waals surface area contributed by atoms with Crippen molar-refractivity contribution >= 4 is 32.4 Å². The predicted molar refractivity (Wildman–Crippen MR) is 150 cm³/mol. The first kappa shape index (κ1) is 27.9. The summed E-state index contributed by atoms with van der Waals surface area (Å²) in [7, 11) is -3.25. The fourth-order valence-corrected chi connectivity index (χ4v) is 5.07. The molecule has 1 atom stereocenters. The first-order valence-corrected chi connectivity index (χ1v) is 13.9. The molecule has 9 nitrogen and oxygen atoms in total. The number of ether oxygens (including phenoxy) is 1. The molecule has 3 heterocycles. The highest BCUT2D eigenvalue weighted by Crippen LogP contribution is 2.40. The van der Waals surface area contributed by atoms with Gasteiger partial charge < -0.3 is 10.5 Å². The van der Waals surface area contributed by atoms with E-state index >= 15 is 0 Å². The Morgan fingerprint density at radius 3 is 2.44 bits per heavy atom. The maximum absolute atomic E-state index is 13.4. The quantitative estimate of drug-likeness (QED) is 0.236. The molecule has 0 aliphatic carbocycles. The van der Waals surface area contributed by atoms with Gasteiger partial charge in [-0.15, -0.1) is 0 Å². The Morgan fingerprint density at radius 1 is 1.02 bits per heavy atom. The van der Waals surface area contributed by atoms with Crippen LogP contribution in [-0.4, -0.2) is 33.9 Å². The summed E-state index contributed by atoms with van der Waals surface area (Å²) in [5.41, 5.74) is 10.7. The second-order valence-electron chi connectivity index (χ2n) is 9.37. The van der Waals surface area contributed by atoms with Crippen LogP contribution in [0.2, 0.25) is 0 Å². The molecule has 0 unspecified atom stereocenters. The molecule has 13 heteroatoms. The highest BCUT2D eigenvalue weighted by atomic mass is 32.2. The van der Waals surface area contributed by atoms with Gasteiger partial charge in [-0.1, -0.05) is 18.2 Å². The van der Waals surface area contributed by atoms with Crippen LogP contribution in [0.25, 0.3) is 33.3 Å². The average molecular weight is 583 g/mol. The van der Waals surface area contributed by atoms with Crippen molar-refractivity contribution in [3.63, 3.8) is 0 Å². The monoisotopic (exact) mass is 582 g/mol. The van der Waals surface area contributed by atoms with Crippen molar-refractivity contribution < 1.29 is 26.3 Å². The minimum Gasteiger partial charge on any atom is -0.484 e. The minimum atomic E-state index is -5.00. The molecule has 5 rings (SSSR count). The molecule has 0 aliphatic rings. The molecule has 0 saturated heterocycles. The molecule has 2 aromatic carbocycles. The first-order valence-electron chi connectivity index (χ1n) is 12.3. The van der Waals surface area contributed by atoms with Crippen LogP contribution in [-0.2, 0) is 17.1 Å². The predicted octanol–water partition coefficient (Wildman–Crippen LogP) is 5.83. The molecule has 0 saturated carbocycles. The van der Waals surface area contributed by atoms with E-state index in [0.29, 0.717) is 27.7 Å². The van der Waals surface area contributed by atoms with E-state index in [2.05, 4.69) is 15.1 Å². The molecule has 5 aromatic rings. The Hall–Kier alpha value is -4.65. The summed E-state index contributed by atoms with van der Waals surface area (Å²) < 4.78 is 73.5. The third-order valence-corrected chi connectivity index (χ3v) is 7.46. The maximum atomic E-state index is 13.4. The van der Waals surface area contributed by atoms with Gasteiger partial charge in [0.25, 0.3) is 10.0 Å². The fourth-order valence-electron chi connectivity index (χ4n) is 4.50. The molecular weight excluding hydrogens is 557 g/mol. The average Bonchev–Trinajstić information content (AvgIpc) is 3.28. The minimum absolute atomic E-state index is 0.0465. The third kappa shape index (κ3) is 5.53. The van der Waals surface area contributed by atoms with Gasteiger partial charge in [-0.05, 0) is 61.4 Å². The molecular formula is C28H25F3N6O3S. The van der Waals surface area contributed by atoms with Crippen molar-refractivity contribution in [3.05, 3.63) is 84.1 Å². The fraction of sp³-hybridized carbons (Fsp3) is 0.179. The van der Waals surface area contributed by atoms with E-state index in [4.69, 9.17) is 10.5 Å². The number of anilines is 2. The van der Waals surface area contributed by atoms with Gasteiger partial charge in [0.1, 0.15) is 29.2 Å². The number of benzene rings is 2. The van der Waals surface area contributed by atoms with Gasteiger partial charge >= 0.3 is 5.76 Å². The van der Waals surface area contributed by atoms with E-state index in [0.717, 1.165) is 16.8 Å². The zero-order chi connectivity index (χ0) is 29.5. The molecule has 41 heavy (non-hydrogen) atoms. The van der Waals surface area contributed by atoms with E-state index in [9.17, 15) is 21.6 Å². The number of rotatable bonds is 8. The lowest BCUT2D eigenvalue weighted by atomic mass is 10.0. The largest absolute Gasteiger partial charge is 0.484 e. The Kier molecular flexibility index (Phi) is 7.30. The van der Waals surface area contributed by atoms with Crippen molar-refractivity contribution in [2.75, 3.05) is 10.5 Å². The number of halogens is 3. The Bertz CT molecular complexity index is 1860. The number of fused-ring (bicyclic) bond motifs is 1. The van der Waals surface area contributed by atoms with Gasteiger partial charge in [0.05, 0.1) is 16.6 Å². The zero-order valence-corrected chi connectivity index (χ0v) is 23.0. The highest BCUT2D eigenvalue weighted by molar-refractivity contribution is 7.93. The van der Waals surface area contributed by atoms with Crippen LogP contribution >= 0.6 is 0 Å². The van der Waals surface area contributed by atoms with Crippen LogP contribution in [0.15, 0.2) is 67.0 Å². The number of hydrogen-bond donors (Lipinski definition) is 2. The summed E-state index contributed by atoms with van der Waals surface area (Å²) in [6, 6.07) is 13.6. The van der Waals surface area contributed by atoms with E-state index < -0.39 is 27.7 Å². The molecule has 3 aromatic heterocycles. The molecule has 0 bridgehead atoms. The normalized spacial score (nSPS) is 12.6. The molecule has 3 N–H and O–H groups in total. The Balaban J connectivity index is 1.65. The van der Waals surface area contributed by atoms with Crippen molar-refractivity contribution in [1.82, 2.24) is 19.7 Å². The lowest BCUT2D eigenvalue weighted by molar-refractivity contribution is 0.228. The van der Waals surface area contributed by atoms with Gasteiger partial charge in [0.2, 0.25) is 0 Å². The van der Waals surface area contributed by atoms with Crippen LogP contribution in [0.4, 0.5) is 24.7 Å². The maximum Gasteiger partial charge on any atom is 0.355 e. The summed E-state index contributed by atoms with van der Waals surface area (Å²) >= 11 is 0. The number of nitrogens with one attached hydrogen (secondary N) is 1. The van der Waals surface area contributed by atoms with Crippen LogP contribution < -0.4 is 15.2 Å². The summed E-state index contributed by atoms with van der Waals surface area (Å²) in [6.07, 6.45) is 2.64.